The fourth-order valence-corrected chi connectivity index (χ4v) is 2.37. The van der Waals surface area contributed by atoms with Crippen LogP contribution in [0.15, 0.2) is 34.8 Å². The van der Waals surface area contributed by atoms with Crippen LogP contribution in [0, 0.1) is 5.92 Å². The first-order chi connectivity index (χ1) is 10.1. The Labute approximate surface area is 120 Å². The van der Waals surface area contributed by atoms with Gasteiger partial charge in [0, 0.05) is 25.2 Å². The first kappa shape index (κ1) is 13.4. The van der Waals surface area contributed by atoms with E-state index in [0.29, 0.717) is 24.4 Å². The molecule has 3 rings (SSSR count). The van der Waals surface area contributed by atoms with Crippen LogP contribution in [0.2, 0.25) is 0 Å². The van der Waals surface area contributed by atoms with Crippen molar-refractivity contribution in [3.05, 3.63) is 36.2 Å². The monoisotopic (exact) mass is 286 g/mol. The molecule has 21 heavy (non-hydrogen) atoms. The molecule has 0 saturated carbocycles. The number of oxazole rings is 1. The highest BCUT2D eigenvalue weighted by atomic mass is 16.4. The molecule has 2 heterocycles. The third-order valence-electron chi connectivity index (χ3n) is 3.53. The number of amides is 1. The molecule has 1 unspecified atom stereocenters. The van der Waals surface area contributed by atoms with E-state index in [0.717, 1.165) is 5.52 Å². The van der Waals surface area contributed by atoms with Gasteiger partial charge in [-0.05, 0) is 18.6 Å². The van der Waals surface area contributed by atoms with E-state index in [4.69, 9.17) is 9.52 Å². The molecule has 6 heteroatoms. The molecule has 0 spiro atoms. The Morgan fingerprint density at radius 1 is 1.38 bits per heavy atom. The van der Waals surface area contributed by atoms with Crippen LogP contribution in [-0.4, -0.2) is 40.0 Å². The van der Waals surface area contributed by atoms with Gasteiger partial charge in [-0.1, -0.05) is 12.1 Å². The molecule has 0 aliphatic carbocycles. The minimum Gasteiger partial charge on any atom is -0.481 e. The van der Waals surface area contributed by atoms with Crippen molar-refractivity contribution in [1.29, 1.82) is 0 Å². The molecule has 1 aromatic heterocycles. The summed E-state index contributed by atoms with van der Waals surface area (Å²) in [6.45, 7) is 0.722. The van der Waals surface area contributed by atoms with E-state index in [9.17, 15) is 9.59 Å². The van der Waals surface area contributed by atoms with E-state index in [1.807, 2.05) is 18.2 Å². The maximum Gasteiger partial charge on any atom is 0.308 e. The molecule has 1 atom stereocenters. The minimum atomic E-state index is -0.853. The highest BCUT2D eigenvalue weighted by Crippen LogP contribution is 2.18. The summed E-state index contributed by atoms with van der Waals surface area (Å²) in [5.74, 6) is -1.18. The van der Waals surface area contributed by atoms with Crippen molar-refractivity contribution in [3.63, 3.8) is 0 Å². The minimum absolute atomic E-state index is 0.221. The first-order valence-electron chi connectivity index (χ1n) is 6.69. The number of aliphatic carboxylic acids is 1. The van der Waals surface area contributed by atoms with Crippen LogP contribution in [-0.2, 0) is 9.59 Å². The number of fused-ring (bicyclic) bond motifs is 1. The van der Waals surface area contributed by atoms with Gasteiger partial charge in [-0.3, -0.25) is 9.59 Å². The summed E-state index contributed by atoms with van der Waals surface area (Å²) < 4.78 is 5.48. The molecule has 1 N–H and O–H groups in total. The Bertz CT molecular complexity index is 686. The van der Waals surface area contributed by atoms with E-state index < -0.39 is 11.9 Å². The molecule has 1 amide bonds. The van der Waals surface area contributed by atoms with Gasteiger partial charge in [0.2, 0.25) is 11.8 Å². The number of carboxylic acid groups (broad SMARTS) is 1. The number of likely N-dealkylation sites (tertiary alicyclic amines) is 1. The van der Waals surface area contributed by atoms with Gasteiger partial charge in [-0.15, -0.1) is 0 Å². The topological polar surface area (TPSA) is 83.6 Å². The number of hydrogen-bond acceptors (Lipinski definition) is 4. The lowest BCUT2D eigenvalue weighted by Gasteiger charge is -2.12. The maximum absolute atomic E-state index is 12.0. The summed E-state index contributed by atoms with van der Waals surface area (Å²) in [5.41, 5.74) is 1.40. The van der Waals surface area contributed by atoms with E-state index in [2.05, 4.69) is 4.98 Å². The summed E-state index contributed by atoms with van der Waals surface area (Å²) in [6.07, 6.45) is 3.38. The van der Waals surface area contributed by atoms with Gasteiger partial charge in [0.25, 0.3) is 0 Å². The highest BCUT2D eigenvalue weighted by molar-refractivity contribution is 5.92. The number of aromatic nitrogens is 1. The Morgan fingerprint density at radius 3 is 2.90 bits per heavy atom. The van der Waals surface area contributed by atoms with E-state index in [-0.39, 0.29) is 12.5 Å². The van der Waals surface area contributed by atoms with Crippen LogP contribution in [0.5, 0.6) is 0 Å². The van der Waals surface area contributed by atoms with Crippen molar-refractivity contribution in [2.75, 3.05) is 13.1 Å². The van der Waals surface area contributed by atoms with Crippen molar-refractivity contribution in [3.8, 4) is 0 Å². The standard InChI is InChI=1S/C15H14N2O4/c18-14(17-8-7-10(9-17)15(19)20)6-5-13-16-11-3-1-2-4-12(11)21-13/h1-6,10H,7-9H2,(H,19,20)/b6-5+. The Balaban J connectivity index is 1.68. The molecule has 1 aromatic carbocycles. The first-order valence-corrected chi connectivity index (χ1v) is 6.69. The van der Waals surface area contributed by atoms with Gasteiger partial charge in [0.05, 0.1) is 5.92 Å². The van der Waals surface area contributed by atoms with Gasteiger partial charge in [-0.25, -0.2) is 4.98 Å². The van der Waals surface area contributed by atoms with Crippen LogP contribution >= 0.6 is 0 Å². The lowest BCUT2D eigenvalue weighted by Crippen LogP contribution is -2.28. The summed E-state index contributed by atoms with van der Waals surface area (Å²) in [7, 11) is 0. The van der Waals surface area contributed by atoms with E-state index in [1.165, 1.54) is 17.1 Å². The lowest BCUT2D eigenvalue weighted by atomic mass is 10.1. The lowest BCUT2D eigenvalue weighted by molar-refractivity contribution is -0.141. The summed E-state index contributed by atoms with van der Waals surface area (Å²) in [4.78, 5) is 28.6. The van der Waals surface area contributed by atoms with E-state index >= 15 is 0 Å². The zero-order chi connectivity index (χ0) is 14.8. The van der Waals surface area contributed by atoms with Crippen molar-refractivity contribution in [1.82, 2.24) is 9.88 Å². The Hall–Kier alpha value is -2.63. The second kappa shape index (κ2) is 5.40. The quantitative estimate of drug-likeness (QED) is 0.869. The zero-order valence-corrected chi connectivity index (χ0v) is 11.2. The average Bonchev–Trinajstić information content (AvgIpc) is 3.11. The Morgan fingerprint density at radius 2 is 2.19 bits per heavy atom. The smallest absolute Gasteiger partial charge is 0.308 e. The predicted octanol–water partition coefficient (Wildman–Crippen LogP) is 1.77. The van der Waals surface area contributed by atoms with Gasteiger partial charge >= 0.3 is 5.97 Å². The number of carboxylic acids is 1. The van der Waals surface area contributed by atoms with Crippen LogP contribution in [0.4, 0.5) is 0 Å². The highest BCUT2D eigenvalue weighted by Gasteiger charge is 2.29. The van der Waals surface area contributed by atoms with Crippen molar-refractivity contribution >= 4 is 29.1 Å². The third-order valence-corrected chi connectivity index (χ3v) is 3.53. The average molecular weight is 286 g/mol. The fraction of sp³-hybridized carbons (Fsp3) is 0.267. The molecule has 6 nitrogen and oxygen atoms in total. The molecular formula is C15H14N2O4. The van der Waals surface area contributed by atoms with Crippen LogP contribution < -0.4 is 0 Å². The van der Waals surface area contributed by atoms with Crippen LogP contribution in [0.3, 0.4) is 0 Å². The number of para-hydroxylation sites is 2. The molecule has 0 radical (unpaired) electrons. The molecule has 0 bridgehead atoms. The molecule has 108 valence electrons. The third kappa shape index (κ3) is 2.79. The molecule has 1 fully saturated rings. The normalized spacial score (nSPS) is 18.7. The van der Waals surface area contributed by atoms with Gasteiger partial charge < -0.3 is 14.4 Å². The fourth-order valence-electron chi connectivity index (χ4n) is 2.37. The number of rotatable bonds is 3. The molecule has 1 aliphatic rings. The van der Waals surface area contributed by atoms with Crippen molar-refractivity contribution < 1.29 is 19.1 Å². The maximum atomic E-state index is 12.0. The number of benzene rings is 1. The number of hydrogen-bond donors (Lipinski definition) is 1. The summed E-state index contributed by atoms with van der Waals surface area (Å²) in [6, 6.07) is 7.34. The van der Waals surface area contributed by atoms with Gasteiger partial charge in [0.15, 0.2) is 5.58 Å². The molecule has 1 saturated heterocycles. The predicted molar refractivity (Wildman–Crippen MR) is 75.4 cm³/mol. The molecule has 1 aliphatic heterocycles. The van der Waals surface area contributed by atoms with Crippen molar-refractivity contribution in [2.24, 2.45) is 5.92 Å². The van der Waals surface area contributed by atoms with Crippen molar-refractivity contribution in [2.45, 2.75) is 6.42 Å². The van der Waals surface area contributed by atoms with Gasteiger partial charge in [-0.2, -0.15) is 0 Å². The van der Waals surface area contributed by atoms with Gasteiger partial charge in [0.1, 0.15) is 5.52 Å². The molecular weight excluding hydrogens is 272 g/mol. The Kier molecular flexibility index (Phi) is 3.43. The van der Waals surface area contributed by atoms with Crippen LogP contribution in [0.25, 0.3) is 17.2 Å². The second-order valence-electron chi connectivity index (χ2n) is 4.96. The SMILES string of the molecule is O=C(O)C1CCN(C(=O)/C=C/c2nc3ccccc3o2)C1. The summed E-state index contributed by atoms with van der Waals surface area (Å²) in [5, 5.41) is 8.92. The number of nitrogens with zero attached hydrogens (tertiary/aromatic N) is 2. The zero-order valence-electron chi connectivity index (χ0n) is 11.2. The summed E-state index contributed by atoms with van der Waals surface area (Å²) >= 11 is 0. The number of carbonyl (C=O) groups is 2. The second-order valence-corrected chi connectivity index (χ2v) is 4.96. The largest absolute Gasteiger partial charge is 0.481 e. The van der Waals surface area contributed by atoms with E-state index in [1.54, 1.807) is 6.07 Å². The van der Waals surface area contributed by atoms with Crippen LogP contribution in [0.1, 0.15) is 12.3 Å². The molecule has 2 aromatic rings. The number of carbonyl (C=O) groups excluding carboxylic acids is 1.